The van der Waals surface area contributed by atoms with Crippen LogP contribution in [0.5, 0.6) is 5.75 Å². The molecule has 2 aromatic heterocycles. The van der Waals surface area contributed by atoms with Crippen molar-refractivity contribution >= 4 is 38.6 Å². The van der Waals surface area contributed by atoms with Gasteiger partial charge in [0.05, 0.1) is 24.1 Å². The molecule has 4 rings (SSSR count). The van der Waals surface area contributed by atoms with E-state index in [1.807, 2.05) is 6.07 Å². The van der Waals surface area contributed by atoms with Gasteiger partial charge in [0.25, 0.3) is 10.0 Å². The van der Waals surface area contributed by atoms with E-state index in [0.717, 1.165) is 22.1 Å². The first-order chi connectivity index (χ1) is 17.5. The third kappa shape index (κ3) is 6.12. The van der Waals surface area contributed by atoms with E-state index in [4.69, 9.17) is 4.74 Å². The zero-order valence-electron chi connectivity index (χ0n) is 19.5. The number of nitrogens with one attached hydrogen (secondary N) is 2. The number of benzene rings is 2. The Morgan fingerprint density at radius 2 is 1.78 bits per heavy atom. The maximum absolute atomic E-state index is 13.0. The van der Waals surface area contributed by atoms with Crippen LogP contribution < -0.4 is 14.8 Å². The Hall–Kier alpha value is -3.84. The molecule has 8 nitrogen and oxygen atoms in total. The van der Waals surface area contributed by atoms with Gasteiger partial charge in [0.1, 0.15) is 9.96 Å². The lowest BCUT2D eigenvalue weighted by Gasteiger charge is -2.12. The molecule has 0 radical (unpaired) electrons. The lowest BCUT2D eigenvalue weighted by molar-refractivity contribution is -0.141. The average Bonchev–Trinajstić information content (AvgIpc) is 3.47. The molecular weight excluding hydrogens is 529 g/mol. The van der Waals surface area contributed by atoms with Crippen molar-refractivity contribution in [2.45, 2.75) is 16.8 Å². The first-order valence-electron chi connectivity index (χ1n) is 10.7. The number of thiophene rings is 1. The molecule has 13 heteroatoms. The number of rotatable bonds is 8. The first kappa shape index (κ1) is 26.2. The van der Waals surface area contributed by atoms with Crippen LogP contribution in [0.25, 0.3) is 10.6 Å². The summed E-state index contributed by atoms with van der Waals surface area (Å²) in [7, 11) is -1.28. The fourth-order valence-corrected chi connectivity index (χ4v) is 5.93. The Labute approximate surface area is 214 Å². The number of ether oxygens (including phenoxy) is 1. The average molecular weight is 551 g/mol. The van der Waals surface area contributed by atoms with Gasteiger partial charge in [-0.3, -0.25) is 14.2 Å². The SMILES string of the molecule is COc1ccc(NS(=O)(=O)c2ccc(-c3cc(C(F)(F)F)nn3C)s2)cc1CC(=O)Nc1ccccc1. The van der Waals surface area contributed by atoms with Crippen molar-refractivity contribution in [3.63, 3.8) is 0 Å². The number of alkyl halides is 3. The van der Waals surface area contributed by atoms with Gasteiger partial charge in [-0.15, -0.1) is 11.3 Å². The van der Waals surface area contributed by atoms with Crippen molar-refractivity contribution in [2.75, 3.05) is 17.1 Å². The highest BCUT2D eigenvalue weighted by Gasteiger charge is 2.35. The Morgan fingerprint density at radius 3 is 2.43 bits per heavy atom. The molecule has 0 atom stereocenters. The van der Waals surface area contributed by atoms with Gasteiger partial charge in [-0.25, -0.2) is 8.42 Å². The van der Waals surface area contributed by atoms with E-state index >= 15 is 0 Å². The van der Waals surface area contributed by atoms with Crippen LogP contribution in [0.15, 0.2) is 70.9 Å². The van der Waals surface area contributed by atoms with Crippen LogP contribution in [-0.4, -0.2) is 31.2 Å². The van der Waals surface area contributed by atoms with Crippen LogP contribution in [0.2, 0.25) is 0 Å². The molecule has 0 unspecified atom stereocenters. The highest BCUT2D eigenvalue weighted by atomic mass is 32.2. The molecule has 1 amide bonds. The molecule has 4 aromatic rings. The Balaban J connectivity index is 1.53. The topological polar surface area (TPSA) is 102 Å². The molecule has 0 fully saturated rings. The number of methoxy groups -OCH3 is 1. The maximum Gasteiger partial charge on any atom is 0.435 e. The van der Waals surface area contributed by atoms with Crippen molar-refractivity contribution in [3.8, 4) is 16.3 Å². The van der Waals surface area contributed by atoms with Crippen LogP contribution in [-0.2, 0) is 34.5 Å². The highest BCUT2D eigenvalue weighted by Crippen LogP contribution is 2.36. The molecule has 37 heavy (non-hydrogen) atoms. The molecule has 2 aromatic carbocycles. The molecule has 2 heterocycles. The zero-order valence-corrected chi connectivity index (χ0v) is 21.2. The van der Waals surface area contributed by atoms with Crippen LogP contribution in [0, 0.1) is 0 Å². The molecule has 194 valence electrons. The summed E-state index contributed by atoms with van der Waals surface area (Å²) < 4.78 is 73.7. The van der Waals surface area contributed by atoms with E-state index < -0.39 is 21.9 Å². The largest absolute Gasteiger partial charge is 0.496 e. The third-order valence-electron chi connectivity index (χ3n) is 5.21. The van der Waals surface area contributed by atoms with E-state index in [0.29, 0.717) is 21.9 Å². The number of nitrogens with zero attached hydrogens (tertiary/aromatic N) is 2. The lowest BCUT2D eigenvalue weighted by atomic mass is 10.1. The first-order valence-corrected chi connectivity index (χ1v) is 13.0. The van der Waals surface area contributed by atoms with Crippen molar-refractivity contribution in [2.24, 2.45) is 7.05 Å². The predicted octanol–water partition coefficient (Wildman–Crippen LogP) is 5.16. The zero-order chi connectivity index (χ0) is 26.8. The van der Waals surface area contributed by atoms with E-state index in [9.17, 15) is 26.4 Å². The number of sulfonamides is 1. The summed E-state index contributed by atoms with van der Waals surface area (Å²) in [4.78, 5) is 12.8. The smallest absolute Gasteiger partial charge is 0.435 e. The molecule has 0 aliphatic heterocycles. The predicted molar refractivity (Wildman–Crippen MR) is 134 cm³/mol. The second-order valence-corrected chi connectivity index (χ2v) is 10.9. The molecule has 0 spiro atoms. The van der Waals surface area contributed by atoms with E-state index in [1.54, 1.807) is 24.3 Å². The number of anilines is 2. The minimum atomic E-state index is -4.62. The summed E-state index contributed by atoms with van der Waals surface area (Å²) in [5.74, 6) is 0.0862. The number of hydrogen-bond donors (Lipinski definition) is 2. The van der Waals surface area contributed by atoms with Crippen LogP contribution in [0.1, 0.15) is 11.3 Å². The fourth-order valence-electron chi connectivity index (χ4n) is 3.52. The number of carbonyl (C=O) groups is 1. The summed E-state index contributed by atoms with van der Waals surface area (Å²) in [6.45, 7) is 0. The van der Waals surface area contributed by atoms with Crippen LogP contribution >= 0.6 is 11.3 Å². The summed E-state index contributed by atoms with van der Waals surface area (Å²) in [5, 5.41) is 6.22. The molecule has 0 aliphatic rings. The van der Waals surface area contributed by atoms with Gasteiger partial charge in [0.15, 0.2) is 5.69 Å². The van der Waals surface area contributed by atoms with Gasteiger partial charge >= 0.3 is 6.18 Å². The van der Waals surface area contributed by atoms with Gasteiger partial charge in [0.2, 0.25) is 5.91 Å². The monoisotopic (exact) mass is 550 g/mol. The van der Waals surface area contributed by atoms with Gasteiger partial charge in [0, 0.05) is 24.0 Å². The second-order valence-electron chi connectivity index (χ2n) is 7.88. The summed E-state index contributed by atoms with van der Waals surface area (Å²) in [5.41, 5.74) is 0.334. The quantitative estimate of drug-likeness (QED) is 0.316. The Bertz CT molecular complexity index is 1530. The minimum Gasteiger partial charge on any atom is -0.496 e. The van der Waals surface area contributed by atoms with Crippen molar-refractivity contribution in [3.05, 3.63) is 78.0 Å². The van der Waals surface area contributed by atoms with Gasteiger partial charge in [-0.2, -0.15) is 18.3 Å². The molecule has 0 saturated heterocycles. The fraction of sp³-hybridized carbons (Fsp3) is 0.167. The summed E-state index contributed by atoms with van der Waals surface area (Å²) in [6.07, 6.45) is -4.69. The minimum absolute atomic E-state index is 0.0706. The second kappa shape index (κ2) is 10.3. The molecule has 0 saturated carbocycles. The van der Waals surface area contributed by atoms with Gasteiger partial charge in [-0.05, 0) is 48.5 Å². The standard InChI is InChI=1S/C24H21F3N4O4S2/c1-31-18(14-21(29-31)24(25,26)27)20-10-11-23(36-20)37(33,34)30-17-8-9-19(35-2)15(12-17)13-22(32)28-16-6-4-3-5-7-16/h3-12,14,30H,13H2,1-2H3,(H,28,32). The third-order valence-corrected chi connectivity index (χ3v) is 8.19. The highest BCUT2D eigenvalue weighted by molar-refractivity contribution is 7.94. The summed E-state index contributed by atoms with van der Waals surface area (Å²) >= 11 is 0.807. The van der Waals surface area contributed by atoms with E-state index in [-0.39, 0.29) is 27.9 Å². The van der Waals surface area contributed by atoms with Crippen molar-refractivity contribution in [1.29, 1.82) is 0 Å². The Morgan fingerprint density at radius 1 is 1.05 bits per heavy atom. The van der Waals surface area contributed by atoms with Crippen molar-refractivity contribution < 1.29 is 31.1 Å². The van der Waals surface area contributed by atoms with Crippen molar-refractivity contribution in [1.82, 2.24) is 9.78 Å². The normalized spacial score (nSPS) is 11.8. The molecular formula is C24H21F3N4O4S2. The number of aromatic nitrogens is 2. The number of aryl methyl sites for hydroxylation is 1. The van der Waals surface area contributed by atoms with Gasteiger partial charge < -0.3 is 10.1 Å². The number of amides is 1. The number of carbonyl (C=O) groups excluding carboxylic acids is 1. The lowest BCUT2D eigenvalue weighted by Crippen LogP contribution is -2.16. The van der Waals surface area contributed by atoms with E-state index in [2.05, 4.69) is 15.1 Å². The maximum atomic E-state index is 13.0. The van der Waals surface area contributed by atoms with Crippen LogP contribution in [0.3, 0.4) is 0 Å². The van der Waals surface area contributed by atoms with Crippen LogP contribution in [0.4, 0.5) is 24.5 Å². The van der Waals surface area contributed by atoms with E-state index in [1.165, 1.54) is 44.5 Å². The molecule has 0 bridgehead atoms. The Kier molecular flexibility index (Phi) is 7.28. The van der Waals surface area contributed by atoms with Gasteiger partial charge in [-0.1, -0.05) is 18.2 Å². The molecule has 2 N–H and O–H groups in total. The summed E-state index contributed by atoms with van der Waals surface area (Å²) in [6, 6.07) is 17.0. The number of para-hydroxylation sites is 1. The number of hydrogen-bond acceptors (Lipinski definition) is 6. The number of halogens is 3. The molecule has 0 aliphatic carbocycles.